The minimum absolute atomic E-state index is 0.0156. The molecule has 6 heteroatoms. The van der Waals surface area contributed by atoms with Crippen LogP contribution in [0.5, 0.6) is 0 Å². The third-order valence-electron chi connectivity index (χ3n) is 4.14. The van der Waals surface area contributed by atoms with Crippen LogP contribution in [0.1, 0.15) is 40.0 Å². The Morgan fingerprint density at radius 3 is 2.38 bits per heavy atom. The number of esters is 1. The highest BCUT2D eigenvalue weighted by molar-refractivity contribution is 6.17. The molecule has 0 bridgehead atoms. The lowest BCUT2D eigenvalue weighted by Crippen LogP contribution is -2.42. The van der Waals surface area contributed by atoms with Gasteiger partial charge in [0.1, 0.15) is 5.60 Å². The molecule has 1 heterocycles. The number of hydrogen-bond donors (Lipinski definition) is 0. The van der Waals surface area contributed by atoms with Gasteiger partial charge in [-0.25, -0.2) is 4.79 Å². The molecule has 0 aromatic heterocycles. The molecule has 1 saturated carbocycles. The van der Waals surface area contributed by atoms with Crippen molar-refractivity contribution in [3.63, 3.8) is 0 Å². The number of piperidine rings is 1. The Hall–Kier alpha value is -0.970. The Morgan fingerprint density at radius 1 is 1.24 bits per heavy atom. The first-order valence-corrected chi connectivity index (χ1v) is 8.06. The van der Waals surface area contributed by atoms with Crippen molar-refractivity contribution >= 4 is 23.7 Å². The zero-order chi connectivity index (χ0) is 15.6. The van der Waals surface area contributed by atoms with E-state index in [-0.39, 0.29) is 24.0 Å². The summed E-state index contributed by atoms with van der Waals surface area (Å²) in [6.07, 6.45) is 2.51. The molecule has 1 amide bonds. The van der Waals surface area contributed by atoms with E-state index < -0.39 is 5.60 Å². The lowest BCUT2D eigenvalue weighted by Gasteiger charge is -2.33. The minimum atomic E-state index is -0.458. The van der Waals surface area contributed by atoms with E-state index in [1.54, 1.807) is 4.90 Å². The molecular weight excluding hydrogens is 294 g/mol. The summed E-state index contributed by atoms with van der Waals surface area (Å²) in [5, 5.41) is 0. The molecule has 0 spiro atoms. The molecule has 0 unspecified atom stereocenters. The SMILES string of the molecule is CC(C)(C)OC(=O)N1CCC([C@@H]2C[C@H]2C(=O)OCCl)CC1. The predicted molar refractivity (Wildman–Crippen MR) is 78.9 cm³/mol. The molecule has 2 fully saturated rings. The molecule has 1 saturated heterocycles. The van der Waals surface area contributed by atoms with Crippen molar-refractivity contribution in [2.75, 3.05) is 19.2 Å². The molecule has 1 aliphatic heterocycles. The van der Waals surface area contributed by atoms with Gasteiger partial charge in [0.05, 0.1) is 5.92 Å². The second-order valence-corrected chi connectivity index (χ2v) is 7.10. The van der Waals surface area contributed by atoms with Gasteiger partial charge in [0, 0.05) is 13.1 Å². The monoisotopic (exact) mass is 317 g/mol. The number of nitrogens with zero attached hydrogens (tertiary/aromatic N) is 1. The first-order valence-electron chi connectivity index (χ1n) is 7.52. The summed E-state index contributed by atoms with van der Waals surface area (Å²) in [7, 11) is 0. The van der Waals surface area contributed by atoms with Crippen LogP contribution in [0.25, 0.3) is 0 Å². The first-order chi connectivity index (χ1) is 9.81. The van der Waals surface area contributed by atoms with Gasteiger partial charge in [0.15, 0.2) is 6.07 Å². The smallest absolute Gasteiger partial charge is 0.410 e. The van der Waals surface area contributed by atoms with E-state index >= 15 is 0 Å². The molecule has 5 nitrogen and oxygen atoms in total. The van der Waals surface area contributed by atoms with Gasteiger partial charge in [-0.3, -0.25) is 4.79 Å². The minimum Gasteiger partial charge on any atom is -0.449 e. The maximum absolute atomic E-state index is 12.0. The molecule has 120 valence electrons. The summed E-state index contributed by atoms with van der Waals surface area (Å²) in [6.45, 7) is 7.01. The van der Waals surface area contributed by atoms with Crippen LogP contribution in [0, 0.1) is 17.8 Å². The van der Waals surface area contributed by atoms with E-state index in [0.29, 0.717) is 24.9 Å². The van der Waals surface area contributed by atoms with Crippen molar-refractivity contribution in [3.05, 3.63) is 0 Å². The van der Waals surface area contributed by atoms with Crippen LogP contribution in [-0.2, 0) is 14.3 Å². The molecule has 0 aromatic rings. The van der Waals surface area contributed by atoms with Gasteiger partial charge in [-0.15, -0.1) is 0 Å². The van der Waals surface area contributed by atoms with Crippen LogP contribution in [0.2, 0.25) is 0 Å². The van der Waals surface area contributed by atoms with Crippen LogP contribution >= 0.6 is 11.6 Å². The quantitative estimate of drug-likeness (QED) is 0.593. The summed E-state index contributed by atoms with van der Waals surface area (Å²) in [5.74, 6) is 0.740. The van der Waals surface area contributed by atoms with Crippen LogP contribution < -0.4 is 0 Å². The van der Waals surface area contributed by atoms with Gasteiger partial charge < -0.3 is 14.4 Å². The highest BCUT2D eigenvalue weighted by Gasteiger charge is 2.49. The number of carbonyl (C=O) groups is 2. The van der Waals surface area contributed by atoms with Crippen LogP contribution in [0.15, 0.2) is 0 Å². The summed E-state index contributed by atoms with van der Waals surface area (Å²) in [4.78, 5) is 25.3. The van der Waals surface area contributed by atoms with Crippen molar-refractivity contribution in [3.8, 4) is 0 Å². The van der Waals surface area contributed by atoms with E-state index in [9.17, 15) is 9.59 Å². The number of halogens is 1. The van der Waals surface area contributed by atoms with Crippen molar-refractivity contribution < 1.29 is 19.1 Å². The molecule has 2 rings (SSSR count). The van der Waals surface area contributed by atoms with E-state index in [0.717, 1.165) is 19.3 Å². The molecule has 0 aromatic carbocycles. The molecule has 21 heavy (non-hydrogen) atoms. The Kier molecular flexibility index (Phi) is 5.02. The number of ether oxygens (including phenoxy) is 2. The van der Waals surface area contributed by atoms with Crippen molar-refractivity contribution in [2.24, 2.45) is 17.8 Å². The third kappa shape index (κ3) is 4.50. The van der Waals surface area contributed by atoms with Crippen molar-refractivity contribution in [1.82, 2.24) is 4.90 Å². The van der Waals surface area contributed by atoms with Crippen molar-refractivity contribution in [2.45, 2.75) is 45.6 Å². The van der Waals surface area contributed by atoms with E-state index in [1.807, 2.05) is 20.8 Å². The van der Waals surface area contributed by atoms with Crippen LogP contribution in [-0.4, -0.2) is 41.7 Å². The Bertz CT molecular complexity index is 399. The first kappa shape index (κ1) is 16.4. The molecule has 0 radical (unpaired) electrons. The highest BCUT2D eigenvalue weighted by atomic mass is 35.5. The Labute approximate surface area is 130 Å². The van der Waals surface area contributed by atoms with Crippen LogP contribution in [0.4, 0.5) is 4.79 Å². The van der Waals surface area contributed by atoms with Gasteiger partial charge >= 0.3 is 12.1 Å². The fraction of sp³-hybridized carbons (Fsp3) is 0.867. The lowest BCUT2D eigenvalue weighted by atomic mass is 9.91. The van der Waals surface area contributed by atoms with Gasteiger partial charge in [0.25, 0.3) is 0 Å². The largest absolute Gasteiger partial charge is 0.449 e. The summed E-state index contributed by atoms with van der Waals surface area (Å²) in [5.41, 5.74) is -0.458. The maximum atomic E-state index is 12.0. The highest BCUT2D eigenvalue weighted by Crippen LogP contribution is 2.48. The molecule has 2 atom stereocenters. The van der Waals surface area contributed by atoms with E-state index in [2.05, 4.69) is 0 Å². The molecule has 2 aliphatic rings. The average Bonchev–Trinajstić information content (AvgIpc) is 3.17. The van der Waals surface area contributed by atoms with Gasteiger partial charge in [0.2, 0.25) is 0 Å². The molecule has 1 aliphatic carbocycles. The lowest BCUT2D eigenvalue weighted by molar-refractivity contribution is -0.143. The van der Waals surface area contributed by atoms with Gasteiger partial charge in [-0.05, 0) is 51.9 Å². The standard InChI is InChI=1S/C15H24ClNO4/c1-15(2,3)21-14(19)17-6-4-10(5-7-17)11-8-12(11)13(18)20-9-16/h10-12H,4-9H2,1-3H3/t11-,12+/m0/s1. The molecule has 0 N–H and O–H groups in total. The number of carbonyl (C=O) groups excluding carboxylic acids is 2. The summed E-state index contributed by atoms with van der Waals surface area (Å²) >= 11 is 5.41. The normalized spacial score (nSPS) is 26.4. The van der Waals surface area contributed by atoms with E-state index in [1.165, 1.54) is 0 Å². The molecular formula is C15H24ClNO4. The number of hydrogen-bond acceptors (Lipinski definition) is 4. The van der Waals surface area contributed by atoms with Gasteiger partial charge in [-0.2, -0.15) is 0 Å². The zero-order valence-corrected chi connectivity index (χ0v) is 13.7. The number of amides is 1. The topological polar surface area (TPSA) is 55.8 Å². The summed E-state index contributed by atoms with van der Waals surface area (Å²) < 4.78 is 10.2. The van der Waals surface area contributed by atoms with Crippen molar-refractivity contribution in [1.29, 1.82) is 0 Å². The maximum Gasteiger partial charge on any atom is 0.410 e. The Morgan fingerprint density at radius 2 is 1.86 bits per heavy atom. The fourth-order valence-electron chi connectivity index (χ4n) is 3.00. The van der Waals surface area contributed by atoms with Gasteiger partial charge in [-0.1, -0.05) is 11.6 Å². The average molecular weight is 318 g/mol. The number of alkyl halides is 1. The van der Waals surface area contributed by atoms with E-state index in [4.69, 9.17) is 21.1 Å². The second-order valence-electron chi connectivity index (χ2n) is 6.88. The number of likely N-dealkylation sites (tertiary alicyclic amines) is 1. The second kappa shape index (κ2) is 6.42. The van der Waals surface area contributed by atoms with Crippen LogP contribution in [0.3, 0.4) is 0 Å². The number of rotatable bonds is 3. The summed E-state index contributed by atoms with van der Waals surface area (Å²) in [6, 6.07) is -0.0703. The zero-order valence-electron chi connectivity index (χ0n) is 12.9. The Balaban J connectivity index is 1.75. The predicted octanol–water partition coefficient (Wildman–Crippen LogP) is 3.01. The third-order valence-corrected chi connectivity index (χ3v) is 4.25. The fourth-order valence-corrected chi connectivity index (χ4v) is 3.11.